The Labute approximate surface area is 176 Å². The Morgan fingerprint density at radius 2 is 1.81 bits per heavy atom. The average Bonchev–Trinajstić information content (AvgIpc) is 2.73. The molecule has 0 aliphatic heterocycles. The molecule has 0 saturated carbocycles. The van der Waals surface area contributed by atoms with Gasteiger partial charge in [0.15, 0.2) is 5.69 Å². The van der Waals surface area contributed by atoms with Gasteiger partial charge in [-0.05, 0) is 37.3 Å². The van der Waals surface area contributed by atoms with Crippen LogP contribution in [0.1, 0.15) is 21.7 Å². The lowest BCUT2D eigenvalue weighted by molar-refractivity contribution is -0.137. The number of likely N-dealkylation sites (N-methyl/N-ethyl adjacent to an activating group) is 1. The van der Waals surface area contributed by atoms with Gasteiger partial charge >= 0.3 is 6.18 Å². The molecule has 9 heteroatoms. The van der Waals surface area contributed by atoms with Gasteiger partial charge in [-0.1, -0.05) is 24.3 Å². The fourth-order valence-electron chi connectivity index (χ4n) is 2.87. The molecule has 31 heavy (non-hydrogen) atoms. The van der Waals surface area contributed by atoms with Gasteiger partial charge in [0.05, 0.1) is 17.8 Å². The number of carbonyl (C=O) groups is 1. The number of amides is 1. The molecule has 0 spiro atoms. The molecule has 0 atom stereocenters. The van der Waals surface area contributed by atoms with Crippen molar-refractivity contribution in [2.45, 2.75) is 13.1 Å². The minimum Gasteiger partial charge on any atom is -0.492 e. The Kier molecular flexibility index (Phi) is 6.43. The molecule has 0 fully saturated rings. The summed E-state index contributed by atoms with van der Waals surface area (Å²) in [5.74, 6) is -0.00824. The number of aromatic nitrogens is 2. The summed E-state index contributed by atoms with van der Waals surface area (Å²) in [6.07, 6.45) is -4.53. The van der Waals surface area contributed by atoms with Crippen LogP contribution in [0.2, 0.25) is 0 Å². The fourth-order valence-corrected chi connectivity index (χ4v) is 2.87. The van der Waals surface area contributed by atoms with Crippen LogP contribution in [0.15, 0.2) is 65.5 Å². The summed E-state index contributed by atoms with van der Waals surface area (Å²) >= 11 is 0. The number of para-hydroxylation sites is 1. The lowest BCUT2D eigenvalue weighted by Gasteiger charge is -2.18. The predicted octanol–water partition coefficient (Wildman–Crippen LogP) is 3.71. The molecule has 0 aliphatic carbocycles. The van der Waals surface area contributed by atoms with Crippen molar-refractivity contribution in [3.8, 4) is 11.4 Å². The second kappa shape index (κ2) is 9.03. The molecule has 0 N–H and O–H groups in total. The number of ether oxygens (including phenoxy) is 1. The van der Waals surface area contributed by atoms with Crippen LogP contribution in [0.25, 0.3) is 5.69 Å². The Hall–Kier alpha value is -3.62. The van der Waals surface area contributed by atoms with E-state index in [4.69, 9.17) is 4.74 Å². The third kappa shape index (κ3) is 5.30. The molecule has 2 aromatic carbocycles. The van der Waals surface area contributed by atoms with Gasteiger partial charge < -0.3 is 9.64 Å². The van der Waals surface area contributed by atoms with Crippen LogP contribution in [0.4, 0.5) is 13.2 Å². The minimum absolute atomic E-state index is 0.0939. The highest BCUT2D eigenvalue weighted by molar-refractivity contribution is 5.91. The number of alkyl halides is 3. The van der Waals surface area contributed by atoms with Crippen molar-refractivity contribution in [3.63, 3.8) is 0 Å². The van der Waals surface area contributed by atoms with Crippen molar-refractivity contribution in [2.24, 2.45) is 0 Å². The zero-order valence-corrected chi connectivity index (χ0v) is 16.9. The average molecular weight is 431 g/mol. The van der Waals surface area contributed by atoms with Crippen LogP contribution in [0.3, 0.4) is 0 Å². The van der Waals surface area contributed by atoms with E-state index in [2.05, 4.69) is 5.10 Å². The molecular formula is C22H20F3N3O3. The van der Waals surface area contributed by atoms with E-state index in [0.29, 0.717) is 11.4 Å². The fraction of sp³-hybridized carbons (Fsp3) is 0.227. The maximum atomic E-state index is 13.1. The molecule has 3 rings (SSSR count). The van der Waals surface area contributed by atoms with Crippen LogP contribution >= 0.6 is 0 Å². The van der Waals surface area contributed by atoms with Crippen molar-refractivity contribution >= 4 is 5.91 Å². The van der Waals surface area contributed by atoms with Crippen molar-refractivity contribution in [1.29, 1.82) is 0 Å². The minimum atomic E-state index is -4.53. The monoisotopic (exact) mass is 431 g/mol. The molecule has 0 aliphatic rings. The Balaban J connectivity index is 1.82. The van der Waals surface area contributed by atoms with Gasteiger partial charge in [0.1, 0.15) is 12.4 Å². The number of aryl methyl sites for hydroxylation is 1. The predicted molar refractivity (Wildman–Crippen MR) is 108 cm³/mol. The van der Waals surface area contributed by atoms with Crippen LogP contribution in [-0.4, -0.2) is 40.8 Å². The highest BCUT2D eigenvalue weighted by Gasteiger charge is 2.30. The molecule has 1 heterocycles. The zero-order chi connectivity index (χ0) is 22.6. The van der Waals surface area contributed by atoms with Crippen molar-refractivity contribution < 1.29 is 22.7 Å². The summed E-state index contributed by atoms with van der Waals surface area (Å²) in [4.78, 5) is 26.4. The smallest absolute Gasteiger partial charge is 0.416 e. The van der Waals surface area contributed by atoms with Crippen LogP contribution < -0.4 is 10.2 Å². The second-order valence-electron chi connectivity index (χ2n) is 6.85. The van der Waals surface area contributed by atoms with Gasteiger partial charge in [0, 0.05) is 18.8 Å². The van der Waals surface area contributed by atoms with E-state index in [1.54, 1.807) is 12.1 Å². The van der Waals surface area contributed by atoms with E-state index < -0.39 is 23.1 Å². The van der Waals surface area contributed by atoms with Gasteiger partial charge in [-0.25, -0.2) is 4.68 Å². The molecule has 0 bridgehead atoms. The number of benzene rings is 2. The second-order valence-corrected chi connectivity index (χ2v) is 6.85. The standard InChI is InChI=1S/C22H20F3N3O3/c1-15-13-19(29)20(21(30)27(2)11-12-31-18-9-4-3-5-10-18)26-28(15)17-8-6-7-16(14-17)22(23,24)25/h3-10,13-14H,11-12H2,1-2H3. The van der Waals surface area contributed by atoms with Gasteiger partial charge in [0.2, 0.25) is 5.43 Å². The maximum Gasteiger partial charge on any atom is 0.416 e. The van der Waals surface area contributed by atoms with E-state index in [9.17, 15) is 22.8 Å². The quantitative estimate of drug-likeness (QED) is 0.597. The summed E-state index contributed by atoms with van der Waals surface area (Å²) in [5.41, 5.74) is -1.45. The summed E-state index contributed by atoms with van der Waals surface area (Å²) in [7, 11) is 1.49. The number of hydrogen-bond donors (Lipinski definition) is 0. The van der Waals surface area contributed by atoms with Crippen LogP contribution in [-0.2, 0) is 6.18 Å². The highest BCUT2D eigenvalue weighted by atomic mass is 19.4. The third-order valence-electron chi connectivity index (χ3n) is 4.51. The molecule has 162 valence electrons. The van der Waals surface area contributed by atoms with E-state index in [-0.39, 0.29) is 24.5 Å². The molecular weight excluding hydrogens is 411 g/mol. The maximum absolute atomic E-state index is 13.1. The van der Waals surface area contributed by atoms with E-state index in [0.717, 1.165) is 16.8 Å². The molecule has 0 unspecified atom stereocenters. The van der Waals surface area contributed by atoms with Gasteiger partial charge in [-0.2, -0.15) is 18.3 Å². The number of halogens is 3. The Morgan fingerprint density at radius 1 is 1.10 bits per heavy atom. The number of hydrogen-bond acceptors (Lipinski definition) is 4. The number of rotatable bonds is 6. The van der Waals surface area contributed by atoms with E-state index >= 15 is 0 Å². The van der Waals surface area contributed by atoms with E-state index in [1.165, 1.54) is 37.1 Å². The van der Waals surface area contributed by atoms with Crippen molar-refractivity contribution in [1.82, 2.24) is 14.7 Å². The van der Waals surface area contributed by atoms with E-state index in [1.807, 2.05) is 18.2 Å². The first-order valence-electron chi connectivity index (χ1n) is 9.39. The molecule has 1 aromatic heterocycles. The number of nitrogens with zero attached hydrogens (tertiary/aromatic N) is 3. The van der Waals surface area contributed by atoms with Crippen molar-refractivity contribution in [3.05, 3.63) is 87.8 Å². The molecule has 0 radical (unpaired) electrons. The van der Waals surface area contributed by atoms with Gasteiger partial charge in [0.25, 0.3) is 5.91 Å². The first-order chi connectivity index (χ1) is 14.7. The topological polar surface area (TPSA) is 64.4 Å². The summed E-state index contributed by atoms with van der Waals surface area (Å²) in [6.45, 7) is 1.91. The normalized spacial score (nSPS) is 11.3. The largest absolute Gasteiger partial charge is 0.492 e. The number of carbonyl (C=O) groups excluding carboxylic acids is 1. The highest BCUT2D eigenvalue weighted by Crippen LogP contribution is 2.30. The summed E-state index contributed by atoms with van der Waals surface area (Å²) < 4.78 is 45.8. The first kappa shape index (κ1) is 22.1. The Morgan fingerprint density at radius 3 is 2.48 bits per heavy atom. The van der Waals surface area contributed by atoms with Crippen molar-refractivity contribution in [2.75, 3.05) is 20.2 Å². The summed E-state index contributed by atoms with van der Waals surface area (Å²) in [6, 6.07) is 14.7. The van der Waals surface area contributed by atoms with Gasteiger partial charge in [-0.15, -0.1) is 0 Å². The SMILES string of the molecule is Cc1cc(=O)c(C(=O)N(C)CCOc2ccccc2)nn1-c1cccc(C(F)(F)F)c1. The third-order valence-corrected chi connectivity index (χ3v) is 4.51. The molecule has 1 amide bonds. The first-order valence-corrected chi connectivity index (χ1v) is 9.39. The lowest BCUT2D eigenvalue weighted by Crippen LogP contribution is -2.36. The van der Waals surface area contributed by atoms with Crippen LogP contribution in [0.5, 0.6) is 5.75 Å². The molecule has 6 nitrogen and oxygen atoms in total. The zero-order valence-electron chi connectivity index (χ0n) is 16.9. The Bertz CT molecular complexity index is 1130. The summed E-state index contributed by atoms with van der Waals surface area (Å²) in [5, 5.41) is 4.06. The van der Waals surface area contributed by atoms with Crippen LogP contribution in [0, 0.1) is 6.92 Å². The lowest BCUT2D eigenvalue weighted by atomic mass is 10.2. The molecule has 0 saturated heterocycles. The van der Waals surface area contributed by atoms with Gasteiger partial charge in [-0.3, -0.25) is 9.59 Å². The molecule has 3 aromatic rings.